The Kier molecular flexibility index (Phi) is 25.7. The highest BCUT2D eigenvalue weighted by Gasteiger charge is 2.28. The Hall–Kier alpha value is -1.24. The maximum Gasteiger partial charge on any atom is 0.472 e. The summed E-state index contributed by atoms with van der Waals surface area (Å²) in [5.74, 6) is 0.667. The summed E-state index contributed by atoms with van der Waals surface area (Å²) < 4.78 is 29.9. The summed E-state index contributed by atoms with van der Waals surface area (Å²) in [7, 11) is -0.341. The van der Waals surface area contributed by atoms with Crippen LogP contribution in [0.15, 0.2) is 24.3 Å². The Morgan fingerprint density at radius 2 is 1.37 bits per heavy atom. The summed E-state index contributed by atoms with van der Waals surface area (Å²) in [5, 5.41) is 0. The minimum absolute atomic E-state index is 0.0307. The van der Waals surface area contributed by atoms with Gasteiger partial charge in [0.2, 0.25) is 0 Å². The molecule has 3 unspecified atom stereocenters. The molecule has 3 atom stereocenters. The van der Waals surface area contributed by atoms with Gasteiger partial charge in [0.1, 0.15) is 11.5 Å². The third-order valence-electron chi connectivity index (χ3n) is 8.76. The maximum absolute atomic E-state index is 12.8. The van der Waals surface area contributed by atoms with E-state index < -0.39 is 7.82 Å². The number of nitrogens with zero attached hydrogens (tertiary/aromatic N) is 1. The lowest BCUT2D eigenvalue weighted by Gasteiger charge is -2.23. The predicted molar refractivity (Wildman–Crippen MR) is 193 cm³/mol. The molecule has 1 aromatic rings. The smallest absolute Gasteiger partial charge is 0.472 e. The quantitative estimate of drug-likeness (QED) is 0.0604. The van der Waals surface area contributed by atoms with Gasteiger partial charge in [0.15, 0.2) is 0 Å². The standard InChI is InChI=1S/C38H70NO6P/c1-6-9-10-11-12-13-14-15-16-17-18-19-20-21-22-25-30-43-38-27-24-23-26-35(38)31-34(32-36(40)7-2)33-44-46(41,42)45-37(8-3)28-29-39(4)5/h23-24,26-27,34,37H,6-22,25,28-33H2,1-5H3,(H,41,42). The van der Waals surface area contributed by atoms with Gasteiger partial charge in [-0.15, -0.1) is 0 Å². The zero-order chi connectivity index (χ0) is 33.9. The van der Waals surface area contributed by atoms with Gasteiger partial charge in [-0.2, -0.15) is 0 Å². The first-order chi connectivity index (χ1) is 22.2. The second-order valence-corrected chi connectivity index (χ2v) is 14.8. The minimum atomic E-state index is -4.26. The van der Waals surface area contributed by atoms with Crippen molar-refractivity contribution in [2.75, 3.05) is 33.9 Å². The molecule has 268 valence electrons. The molecule has 0 aromatic heterocycles. The number of phosphoric acid groups is 1. The van der Waals surface area contributed by atoms with Crippen molar-refractivity contribution in [3.05, 3.63) is 29.8 Å². The number of carbonyl (C=O) groups is 1. The van der Waals surface area contributed by atoms with Crippen molar-refractivity contribution in [1.29, 1.82) is 0 Å². The van der Waals surface area contributed by atoms with Crippen LogP contribution in [-0.4, -0.2) is 55.5 Å². The number of unbranched alkanes of at least 4 members (excludes halogenated alkanes) is 15. The van der Waals surface area contributed by atoms with Crippen LogP contribution in [0.2, 0.25) is 0 Å². The molecule has 1 N–H and O–H groups in total. The molecular weight excluding hydrogens is 597 g/mol. The number of benzene rings is 1. The highest BCUT2D eigenvalue weighted by Crippen LogP contribution is 2.46. The van der Waals surface area contributed by atoms with Gasteiger partial charge in [-0.1, -0.05) is 135 Å². The molecule has 0 spiro atoms. The van der Waals surface area contributed by atoms with Crippen LogP contribution in [0, 0.1) is 5.92 Å². The fourth-order valence-electron chi connectivity index (χ4n) is 5.76. The van der Waals surface area contributed by atoms with Crippen molar-refractivity contribution >= 4 is 13.6 Å². The Morgan fingerprint density at radius 1 is 0.826 bits per heavy atom. The van der Waals surface area contributed by atoms with Crippen LogP contribution < -0.4 is 4.74 Å². The zero-order valence-corrected chi connectivity index (χ0v) is 31.2. The van der Waals surface area contributed by atoms with Crippen LogP contribution >= 0.6 is 7.82 Å². The Morgan fingerprint density at radius 3 is 1.89 bits per heavy atom. The highest BCUT2D eigenvalue weighted by molar-refractivity contribution is 7.47. The number of carbonyl (C=O) groups excluding carboxylic acids is 1. The molecule has 0 aliphatic carbocycles. The van der Waals surface area contributed by atoms with Crippen molar-refractivity contribution in [2.45, 2.75) is 162 Å². The SMILES string of the molecule is CCCCCCCCCCCCCCCCCCOc1ccccc1CC(COP(=O)(O)OC(CC)CCN(C)C)CC(=O)CC. The number of rotatable bonds is 32. The lowest BCUT2D eigenvalue weighted by Crippen LogP contribution is -2.22. The van der Waals surface area contributed by atoms with Gasteiger partial charge in [-0.3, -0.25) is 13.8 Å². The van der Waals surface area contributed by atoms with Crippen LogP contribution in [0.5, 0.6) is 5.75 Å². The Balaban J connectivity index is 2.38. The first-order valence-electron chi connectivity index (χ1n) is 18.7. The number of para-hydroxylation sites is 1. The van der Waals surface area contributed by atoms with Gasteiger partial charge in [-0.25, -0.2) is 4.57 Å². The van der Waals surface area contributed by atoms with E-state index in [1.807, 2.05) is 57.1 Å². The fourth-order valence-corrected chi connectivity index (χ4v) is 6.86. The third kappa shape index (κ3) is 23.1. The first-order valence-corrected chi connectivity index (χ1v) is 20.2. The van der Waals surface area contributed by atoms with Crippen LogP contribution in [0.25, 0.3) is 0 Å². The van der Waals surface area contributed by atoms with Crippen molar-refractivity contribution < 1.29 is 28.0 Å². The molecule has 46 heavy (non-hydrogen) atoms. The minimum Gasteiger partial charge on any atom is -0.493 e. The summed E-state index contributed by atoms with van der Waals surface area (Å²) in [6.45, 7) is 7.43. The Bertz CT molecular complexity index is 926. The van der Waals surface area contributed by atoms with Gasteiger partial charge < -0.3 is 14.5 Å². The second kappa shape index (κ2) is 27.7. The third-order valence-corrected chi connectivity index (χ3v) is 9.80. The monoisotopic (exact) mass is 667 g/mol. The van der Waals surface area contributed by atoms with Gasteiger partial charge >= 0.3 is 7.82 Å². The predicted octanol–water partition coefficient (Wildman–Crippen LogP) is 10.7. The van der Waals surface area contributed by atoms with Gasteiger partial charge in [0.25, 0.3) is 0 Å². The van der Waals surface area contributed by atoms with E-state index in [4.69, 9.17) is 13.8 Å². The molecule has 0 saturated heterocycles. The number of phosphoric ester groups is 1. The number of hydrogen-bond donors (Lipinski definition) is 1. The van der Waals surface area contributed by atoms with E-state index in [-0.39, 0.29) is 30.8 Å². The average molecular weight is 668 g/mol. The molecule has 0 fully saturated rings. The van der Waals surface area contributed by atoms with E-state index >= 15 is 0 Å². The second-order valence-electron chi connectivity index (χ2n) is 13.4. The number of ether oxygens (including phenoxy) is 1. The van der Waals surface area contributed by atoms with Crippen LogP contribution in [0.1, 0.15) is 155 Å². The summed E-state index contributed by atoms with van der Waals surface area (Å²) in [6.07, 6.45) is 23.5. The van der Waals surface area contributed by atoms with E-state index in [2.05, 4.69) is 6.92 Å². The molecule has 8 heteroatoms. The normalized spacial score (nSPS) is 14.3. The van der Waals surface area contributed by atoms with E-state index in [9.17, 15) is 14.3 Å². The van der Waals surface area contributed by atoms with Gasteiger partial charge in [0, 0.05) is 19.4 Å². The molecule has 1 aromatic carbocycles. The summed E-state index contributed by atoms with van der Waals surface area (Å²) in [6, 6.07) is 7.91. The highest BCUT2D eigenvalue weighted by atomic mass is 31.2. The van der Waals surface area contributed by atoms with E-state index in [1.54, 1.807) is 0 Å². The summed E-state index contributed by atoms with van der Waals surface area (Å²) in [4.78, 5) is 24.8. The molecule has 0 bridgehead atoms. The van der Waals surface area contributed by atoms with Crippen molar-refractivity contribution in [3.63, 3.8) is 0 Å². The topological polar surface area (TPSA) is 85.3 Å². The lowest BCUT2D eigenvalue weighted by molar-refractivity contribution is -0.120. The molecule has 1 rings (SSSR count). The van der Waals surface area contributed by atoms with Crippen LogP contribution in [0.4, 0.5) is 0 Å². The van der Waals surface area contributed by atoms with Crippen LogP contribution in [0.3, 0.4) is 0 Å². The largest absolute Gasteiger partial charge is 0.493 e. The number of ketones is 1. The van der Waals surface area contributed by atoms with E-state index in [0.717, 1.165) is 24.3 Å². The van der Waals surface area contributed by atoms with Crippen molar-refractivity contribution in [1.82, 2.24) is 4.90 Å². The Labute approximate surface area is 283 Å². The van der Waals surface area contributed by atoms with E-state index in [1.165, 1.54) is 96.3 Å². The lowest BCUT2D eigenvalue weighted by atomic mass is 9.94. The summed E-state index contributed by atoms with van der Waals surface area (Å²) in [5.41, 5.74) is 0.989. The molecule has 0 amide bonds. The molecule has 7 nitrogen and oxygen atoms in total. The van der Waals surface area contributed by atoms with Crippen molar-refractivity contribution in [3.8, 4) is 5.75 Å². The number of hydrogen-bond acceptors (Lipinski definition) is 6. The zero-order valence-electron chi connectivity index (χ0n) is 30.3. The van der Waals surface area contributed by atoms with Gasteiger partial charge in [0.05, 0.1) is 19.3 Å². The summed E-state index contributed by atoms with van der Waals surface area (Å²) >= 11 is 0. The molecule has 0 saturated carbocycles. The number of Topliss-reactive ketones (excluding diaryl/α,β-unsaturated/α-hetero) is 1. The van der Waals surface area contributed by atoms with Crippen LogP contribution in [-0.2, 0) is 24.8 Å². The molecule has 0 aliphatic heterocycles. The molecular formula is C38H70NO6P. The van der Waals surface area contributed by atoms with Gasteiger partial charge in [-0.05, 0) is 57.3 Å². The first kappa shape index (κ1) is 42.8. The fraction of sp³-hybridized carbons (Fsp3) is 0.816. The van der Waals surface area contributed by atoms with Crippen molar-refractivity contribution in [2.24, 2.45) is 5.92 Å². The van der Waals surface area contributed by atoms with E-state index in [0.29, 0.717) is 32.3 Å². The average Bonchev–Trinajstić information content (AvgIpc) is 3.03. The maximum atomic E-state index is 12.8. The molecule has 0 heterocycles. The molecule has 0 radical (unpaired) electrons. The molecule has 0 aliphatic rings.